The number of piperidine rings is 1. The number of hydrogen-bond acceptors (Lipinski definition) is 7. The molecule has 3 aliphatic rings. The highest BCUT2D eigenvalue weighted by Gasteiger charge is 2.44. The minimum absolute atomic E-state index is 0.534. The maximum atomic E-state index is 9.56. The van der Waals surface area contributed by atoms with Crippen LogP contribution in [0.5, 0.6) is 5.75 Å². The number of aromatic nitrogens is 4. The van der Waals surface area contributed by atoms with E-state index in [1.807, 2.05) is 37.6 Å². The Morgan fingerprint density at radius 3 is 2.71 bits per heavy atom. The van der Waals surface area contributed by atoms with E-state index < -0.39 is 0 Å². The number of nitriles is 1. The van der Waals surface area contributed by atoms with E-state index in [2.05, 4.69) is 50.2 Å². The van der Waals surface area contributed by atoms with Crippen LogP contribution in [0, 0.1) is 11.3 Å². The minimum Gasteiger partial charge on any atom is -0.492 e. The molecule has 2 atom stereocenters. The fourth-order valence-electron chi connectivity index (χ4n) is 5.19. The highest BCUT2D eigenvalue weighted by molar-refractivity contribution is 5.85. The normalized spacial score (nSPS) is 19.6. The number of fused-ring (bicyclic) bond motifs is 3. The maximum Gasteiger partial charge on any atom is 0.138 e. The van der Waals surface area contributed by atoms with Crippen LogP contribution in [0.1, 0.15) is 24.6 Å². The van der Waals surface area contributed by atoms with Gasteiger partial charge in [-0.1, -0.05) is 6.07 Å². The molecule has 7 rings (SSSR count). The van der Waals surface area contributed by atoms with Crippen molar-refractivity contribution < 1.29 is 4.74 Å². The lowest BCUT2D eigenvalue weighted by Crippen LogP contribution is -2.68. The van der Waals surface area contributed by atoms with Crippen molar-refractivity contribution >= 4 is 11.3 Å². The maximum absolute atomic E-state index is 9.56. The highest BCUT2D eigenvalue weighted by atomic mass is 16.5. The average molecular weight is 452 g/mol. The van der Waals surface area contributed by atoms with Gasteiger partial charge in [0.05, 0.1) is 35.8 Å². The summed E-state index contributed by atoms with van der Waals surface area (Å²) in [5, 5.41) is 13.9. The molecule has 3 aliphatic heterocycles. The van der Waals surface area contributed by atoms with Gasteiger partial charge in [0, 0.05) is 55.2 Å². The Kier molecular flexibility index (Phi) is 5.12. The fourth-order valence-corrected chi connectivity index (χ4v) is 5.19. The molecule has 7 heterocycles. The zero-order valence-electron chi connectivity index (χ0n) is 19.0. The summed E-state index contributed by atoms with van der Waals surface area (Å²) in [6.07, 6.45) is 8.39. The van der Waals surface area contributed by atoms with Crippen LogP contribution in [0.3, 0.4) is 0 Å². The van der Waals surface area contributed by atoms with Gasteiger partial charge < -0.3 is 9.64 Å². The first-order chi connectivity index (χ1) is 16.7. The number of rotatable bonds is 6. The van der Waals surface area contributed by atoms with Gasteiger partial charge in [0.2, 0.25) is 0 Å². The van der Waals surface area contributed by atoms with Crippen LogP contribution in [0.2, 0.25) is 0 Å². The molecule has 8 nitrogen and oxygen atoms in total. The van der Waals surface area contributed by atoms with Crippen molar-refractivity contribution in [1.29, 1.82) is 5.26 Å². The Bertz CT molecular complexity index is 1350. The van der Waals surface area contributed by atoms with E-state index in [4.69, 9.17) is 9.72 Å². The number of hydrogen-bond donors (Lipinski definition) is 0. The Balaban J connectivity index is 1.23. The first kappa shape index (κ1) is 20.6. The molecule has 8 heteroatoms. The predicted molar refractivity (Wildman–Crippen MR) is 128 cm³/mol. The zero-order chi connectivity index (χ0) is 23.1. The van der Waals surface area contributed by atoms with Crippen molar-refractivity contribution in [3.8, 4) is 22.9 Å². The monoisotopic (exact) mass is 451 g/mol. The third-order valence-corrected chi connectivity index (χ3v) is 6.82. The van der Waals surface area contributed by atoms with Crippen molar-refractivity contribution in [2.75, 3.05) is 24.6 Å². The number of pyridine rings is 3. The Hall–Kier alpha value is -3.96. The molecule has 0 aliphatic carbocycles. The third-order valence-electron chi connectivity index (χ3n) is 6.82. The number of piperazine rings is 1. The molecule has 0 N–H and O–H groups in total. The Labute approximate surface area is 198 Å². The topological polar surface area (TPSA) is 82.6 Å². The summed E-state index contributed by atoms with van der Waals surface area (Å²) >= 11 is 0. The summed E-state index contributed by atoms with van der Waals surface area (Å²) in [5.41, 5.74) is 4.26. The predicted octanol–water partition coefficient (Wildman–Crippen LogP) is 3.52. The van der Waals surface area contributed by atoms with Gasteiger partial charge in [-0.05, 0) is 43.7 Å². The molecule has 3 saturated heterocycles. The molecule has 0 spiro atoms. The lowest BCUT2D eigenvalue weighted by Gasteiger charge is -2.56. The summed E-state index contributed by atoms with van der Waals surface area (Å²) in [4.78, 5) is 14.2. The van der Waals surface area contributed by atoms with Gasteiger partial charge in [-0.15, -0.1) is 0 Å². The van der Waals surface area contributed by atoms with Gasteiger partial charge in [0.25, 0.3) is 0 Å². The van der Waals surface area contributed by atoms with Gasteiger partial charge in [0.1, 0.15) is 17.6 Å². The molecule has 0 aromatic carbocycles. The Morgan fingerprint density at radius 1 is 1.12 bits per heavy atom. The highest BCUT2D eigenvalue weighted by Crippen LogP contribution is 2.36. The van der Waals surface area contributed by atoms with Gasteiger partial charge in [-0.2, -0.15) is 10.4 Å². The number of nitrogens with zero attached hydrogens (tertiary/aromatic N) is 7. The molecular weight excluding hydrogens is 426 g/mol. The van der Waals surface area contributed by atoms with Crippen molar-refractivity contribution in [1.82, 2.24) is 24.5 Å². The van der Waals surface area contributed by atoms with Gasteiger partial charge in [0.15, 0.2) is 0 Å². The van der Waals surface area contributed by atoms with E-state index in [1.54, 1.807) is 10.7 Å². The van der Waals surface area contributed by atoms with E-state index in [-0.39, 0.29) is 0 Å². The van der Waals surface area contributed by atoms with Crippen LogP contribution in [0.25, 0.3) is 16.6 Å². The zero-order valence-corrected chi connectivity index (χ0v) is 19.0. The summed E-state index contributed by atoms with van der Waals surface area (Å²) < 4.78 is 7.44. The van der Waals surface area contributed by atoms with Gasteiger partial charge >= 0.3 is 0 Å². The van der Waals surface area contributed by atoms with E-state index in [0.29, 0.717) is 30.0 Å². The molecular formula is C26H25N7O. The van der Waals surface area contributed by atoms with Crippen molar-refractivity contribution in [2.24, 2.45) is 0 Å². The largest absolute Gasteiger partial charge is 0.492 e. The summed E-state index contributed by atoms with van der Waals surface area (Å²) in [6.45, 7) is 5.37. The van der Waals surface area contributed by atoms with E-state index in [0.717, 1.165) is 47.8 Å². The second kappa shape index (κ2) is 8.43. The van der Waals surface area contributed by atoms with Crippen LogP contribution >= 0.6 is 0 Å². The second-order valence-electron chi connectivity index (χ2n) is 8.83. The van der Waals surface area contributed by atoms with Crippen LogP contribution in [0.4, 0.5) is 5.82 Å². The van der Waals surface area contributed by atoms with Crippen LogP contribution in [0.15, 0.2) is 61.2 Å². The molecule has 0 amide bonds. The van der Waals surface area contributed by atoms with Gasteiger partial charge in [-0.25, -0.2) is 9.50 Å². The number of ether oxygens (including phenoxy) is 1. The summed E-state index contributed by atoms with van der Waals surface area (Å²) in [6, 6.07) is 15.5. The van der Waals surface area contributed by atoms with E-state index in [9.17, 15) is 5.26 Å². The molecule has 170 valence electrons. The molecule has 4 aromatic rings. The van der Waals surface area contributed by atoms with Crippen molar-refractivity contribution in [3.63, 3.8) is 0 Å². The summed E-state index contributed by atoms with van der Waals surface area (Å²) in [7, 11) is 0. The van der Waals surface area contributed by atoms with E-state index in [1.165, 1.54) is 6.42 Å². The molecule has 2 unspecified atom stereocenters. The molecule has 0 saturated carbocycles. The van der Waals surface area contributed by atoms with Crippen molar-refractivity contribution in [3.05, 3.63) is 72.4 Å². The average Bonchev–Trinajstić information content (AvgIpc) is 3.31. The smallest absolute Gasteiger partial charge is 0.138 e. The lowest BCUT2D eigenvalue weighted by molar-refractivity contribution is -0.00967. The molecule has 4 aromatic heterocycles. The van der Waals surface area contributed by atoms with Crippen LogP contribution < -0.4 is 9.64 Å². The minimum atomic E-state index is 0.534. The second-order valence-corrected chi connectivity index (χ2v) is 8.83. The molecule has 2 bridgehead atoms. The first-order valence-electron chi connectivity index (χ1n) is 11.6. The lowest BCUT2D eigenvalue weighted by atomic mass is 9.87. The number of anilines is 1. The first-order valence-corrected chi connectivity index (χ1v) is 11.6. The quantitative estimate of drug-likeness (QED) is 0.444. The van der Waals surface area contributed by atoms with Crippen molar-refractivity contribution in [2.45, 2.75) is 32.0 Å². The third kappa shape index (κ3) is 3.55. The Morgan fingerprint density at radius 2 is 2.00 bits per heavy atom. The standard InChI is InChI=1S/C26H25N7O/c1-2-34-23-10-24(26-19(11-27)13-30-33(26)17-23)18-6-7-25(29-12-18)31-15-21-9-22(16-31)32(21)14-20-5-3-4-8-28-20/h3-8,10,12-13,17,21-22H,2,9,14-16H2,1H3. The van der Waals surface area contributed by atoms with Crippen LogP contribution in [-0.2, 0) is 6.54 Å². The SMILES string of the molecule is CCOc1cc(-c2ccc(N3CC4CC(C3)N4Cc3ccccn3)nc2)c2c(C#N)cnn2c1. The molecule has 3 fully saturated rings. The summed E-state index contributed by atoms with van der Waals surface area (Å²) in [5.74, 6) is 1.70. The van der Waals surface area contributed by atoms with Crippen LogP contribution in [-0.4, -0.2) is 56.3 Å². The molecule has 34 heavy (non-hydrogen) atoms. The van der Waals surface area contributed by atoms with Gasteiger partial charge in [-0.3, -0.25) is 9.88 Å². The van der Waals surface area contributed by atoms with E-state index >= 15 is 0 Å². The molecule has 0 radical (unpaired) electrons. The fraction of sp³-hybridized carbons (Fsp3) is 0.308.